The van der Waals surface area contributed by atoms with E-state index in [1.807, 2.05) is 0 Å². The van der Waals surface area contributed by atoms with Crippen LogP contribution in [0.25, 0.3) is 0 Å². The highest BCUT2D eigenvalue weighted by molar-refractivity contribution is 5.92. The predicted molar refractivity (Wildman–Crippen MR) is 67.1 cm³/mol. The van der Waals surface area contributed by atoms with Gasteiger partial charge in [-0.1, -0.05) is 0 Å². The van der Waals surface area contributed by atoms with E-state index in [1.165, 1.54) is 12.3 Å². The van der Waals surface area contributed by atoms with Gasteiger partial charge in [0.25, 0.3) is 0 Å². The van der Waals surface area contributed by atoms with Crippen LogP contribution in [0.1, 0.15) is 36.2 Å². The summed E-state index contributed by atoms with van der Waals surface area (Å²) in [5.41, 5.74) is 0.337. The quantitative estimate of drug-likeness (QED) is 0.593. The summed E-state index contributed by atoms with van der Waals surface area (Å²) in [6.45, 7) is 0. The van der Waals surface area contributed by atoms with Crippen LogP contribution in [0.4, 0.5) is 5.69 Å². The molecule has 0 fully saturated rings. The van der Waals surface area contributed by atoms with Gasteiger partial charge in [-0.05, 0) is 25.0 Å². The Labute approximate surface area is 105 Å². The average molecular weight is 246 g/mol. The number of carbonyl (C=O) groups is 2. The Kier molecular flexibility index (Phi) is 5.39. The zero-order valence-corrected chi connectivity index (χ0v) is 9.85. The largest absolute Gasteiger partial charge is 0.477 e. The highest BCUT2D eigenvalue weighted by atomic mass is 16.4. The lowest BCUT2D eigenvalue weighted by Crippen LogP contribution is -2.12. The first-order chi connectivity index (χ1) is 8.63. The molecule has 1 heterocycles. The third kappa shape index (κ3) is 4.66. The number of aromatic nitrogens is 1. The molecule has 5 nitrogen and oxygen atoms in total. The van der Waals surface area contributed by atoms with Crippen LogP contribution in [0, 0.1) is 12.3 Å². The van der Waals surface area contributed by atoms with Gasteiger partial charge in [-0.2, -0.15) is 0 Å². The Hall–Kier alpha value is -2.35. The summed E-state index contributed by atoms with van der Waals surface area (Å²) in [4.78, 5) is 25.9. The summed E-state index contributed by atoms with van der Waals surface area (Å²) >= 11 is 0. The lowest BCUT2D eigenvalue weighted by atomic mass is 10.2. The second-order valence-corrected chi connectivity index (χ2v) is 3.69. The number of terminal acetylenes is 1. The lowest BCUT2D eigenvalue weighted by molar-refractivity contribution is -0.116. The summed E-state index contributed by atoms with van der Waals surface area (Å²) < 4.78 is 0. The molecule has 2 N–H and O–H groups in total. The number of aromatic carboxylic acids is 1. The summed E-state index contributed by atoms with van der Waals surface area (Å²) in [6.07, 6.45) is 8.99. The maximum Gasteiger partial charge on any atom is 0.354 e. The van der Waals surface area contributed by atoms with Crippen molar-refractivity contribution < 1.29 is 14.7 Å². The second-order valence-electron chi connectivity index (χ2n) is 3.69. The van der Waals surface area contributed by atoms with Crippen LogP contribution in [0.15, 0.2) is 18.3 Å². The molecule has 1 amide bonds. The summed E-state index contributed by atoms with van der Waals surface area (Å²) in [6, 6.07) is 2.87. The third-order valence-corrected chi connectivity index (χ3v) is 2.24. The monoisotopic (exact) mass is 246 g/mol. The number of carboxylic acid groups (broad SMARTS) is 1. The molecule has 1 aromatic heterocycles. The molecule has 94 valence electrons. The highest BCUT2D eigenvalue weighted by Crippen LogP contribution is 2.09. The standard InChI is InChI=1S/C13H14N2O3/c1-2-3-4-5-6-12(16)15-10-7-8-14-11(9-10)13(17)18/h1,7-9H,3-6H2,(H,17,18)(H,14,15,16). The smallest absolute Gasteiger partial charge is 0.354 e. The molecule has 5 heteroatoms. The fraction of sp³-hybridized carbons (Fsp3) is 0.308. The first-order valence-electron chi connectivity index (χ1n) is 5.56. The van der Waals surface area contributed by atoms with Gasteiger partial charge in [0.1, 0.15) is 5.69 Å². The summed E-state index contributed by atoms with van der Waals surface area (Å²) in [5, 5.41) is 11.4. The van der Waals surface area contributed by atoms with Gasteiger partial charge in [-0.3, -0.25) is 4.79 Å². The van der Waals surface area contributed by atoms with Crippen LogP contribution >= 0.6 is 0 Å². The molecule has 0 saturated carbocycles. The van der Waals surface area contributed by atoms with Crippen molar-refractivity contribution in [3.63, 3.8) is 0 Å². The number of unbranched alkanes of at least 4 members (excludes halogenated alkanes) is 2. The summed E-state index contributed by atoms with van der Waals surface area (Å²) in [7, 11) is 0. The molecule has 0 bridgehead atoms. The minimum absolute atomic E-state index is 0.0971. The van der Waals surface area contributed by atoms with Crippen LogP contribution < -0.4 is 5.32 Å². The van der Waals surface area contributed by atoms with E-state index < -0.39 is 5.97 Å². The molecule has 1 rings (SSSR count). The van der Waals surface area contributed by atoms with Gasteiger partial charge in [0, 0.05) is 24.7 Å². The van der Waals surface area contributed by atoms with Crippen LogP contribution in [0.3, 0.4) is 0 Å². The lowest BCUT2D eigenvalue weighted by Gasteiger charge is -2.05. The van der Waals surface area contributed by atoms with Crippen molar-refractivity contribution in [2.24, 2.45) is 0 Å². The second kappa shape index (κ2) is 7.07. The van der Waals surface area contributed by atoms with Gasteiger partial charge in [0.05, 0.1) is 0 Å². The SMILES string of the molecule is C#CCCCCC(=O)Nc1ccnc(C(=O)O)c1. The number of hydrogen-bond donors (Lipinski definition) is 2. The van der Waals surface area contributed by atoms with Crippen molar-refractivity contribution in [3.8, 4) is 12.3 Å². The predicted octanol–water partition coefficient (Wildman–Crippen LogP) is 1.91. The number of pyridine rings is 1. The molecule has 0 spiro atoms. The summed E-state index contributed by atoms with van der Waals surface area (Å²) in [5.74, 6) is 1.22. The van der Waals surface area contributed by atoms with Gasteiger partial charge in [0.2, 0.25) is 5.91 Å². The zero-order chi connectivity index (χ0) is 13.4. The minimum Gasteiger partial charge on any atom is -0.477 e. The van der Waals surface area contributed by atoms with Crippen molar-refractivity contribution in [1.82, 2.24) is 4.98 Å². The van der Waals surface area contributed by atoms with Crippen molar-refractivity contribution in [1.29, 1.82) is 0 Å². The molecule has 0 aliphatic heterocycles. The van der Waals surface area contributed by atoms with E-state index in [1.54, 1.807) is 6.07 Å². The average Bonchev–Trinajstić information content (AvgIpc) is 2.35. The van der Waals surface area contributed by atoms with Crippen LogP contribution in [-0.4, -0.2) is 22.0 Å². The Morgan fingerprint density at radius 2 is 2.22 bits per heavy atom. The Morgan fingerprint density at radius 3 is 2.89 bits per heavy atom. The van der Waals surface area contributed by atoms with Gasteiger partial charge >= 0.3 is 5.97 Å². The number of amides is 1. The minimum atomic E-state index is -1.12. The van der Waals surface area contributed by atoms with Gasteiger partial charge in [-0.15, -0.1) is 12.3 Å². The van der Waals surface area contributed by atoms with Crippen LogP contribution in [0.2, 0.25) is 0 Å². The molecule has 0 saturated heterocycles. The molecule has 0 radical (unpaired) electrons. The van der Waals surface area contributed by atoms with Gasteiger partial charge < -0.3 is 10.4 Å². The number of nitrogens with one attached hydrogen (secondary N) is 1. The van der Waals surface area contributed by atoms with Gasteiger partial charge in [0.15, 0.2) is 0 Å². The van der Waals surface area contributed by atoms with Crippen LogP contribution in [0.5, 0.6) is 0 Å². The van der Waals surface area contributed by atoms with Crippen LogP contribution in [-0.2, 0) is 4.79 Å². The first-order valence-corrected chi connectivity index (χ1v) is 5.56. The number of carboxylic acids is 1. The fourth-order valence-electron chi connectivity index (χ4n) is 1.36. The molecule has 0 atom stereocenters. The van der Waals surface area contributed by atoms with Crippen molar-refractivity contribution >= 4 is 17.6 Å². The highest BCUT2D eigenvalue weighted by Gasteiger charge is 2.07. The molecule has 18 heavy (non-hydrogen) atoms. The molecule has 0 aliphatic carbocycles. The van der Waals surface area contributed by atoms with Crippen molar-refractivity contribution in [2.45, 2.75) is 25.7 Å². The first kappa shape index (κ1) is 13.7. The molecular weight excluding hydrogens is 232 g/mol. The molecule has 0 unspecified atom stereocenters. The molecule has 1 aromatic rings. The number of nitrogens with zero attached hydrogens (tertiary/aromatic N) is 1. The molecule has 0 aromatic carbocycles. The number of rotatable bonds is 6. The fourth-order valence-corrected chi connectivity index (χ4v) is 1.36. The number of hydrogen-bond acceptors (Lipinski definition) is 3. The van der Waals surface area contributed by atoms with E-state index in [4.69, 9.17) is 11.5 Å². The zero-order valence-electron chi connectivity index (χ0n) is 9.85. The van der Waals surface area contributed by atoms with E-state index >= 15 is 0 Å². The van der Waals surface area contributed by atoms with E-state index in [0.29, 0.717) is 24.9 Å². The van der Waals surface area contributed by atoms with E-state index in [-0.39, 0.29) is 11.6 Å². The maximum absolute atomic E-state index is 11.5. The Balaban J connectivity index is 2.47. The number of carbonyl (C=O) groups excluding carboxylic acids is 1. The van der Waals surface area contributed by atoms with E-state index in [2.05, 4.69) is 16.2 Å². The number of anilines is 1. The maximum atomic E-state index is 11.5. The van der Waals surface area contributed by atoms with Gasteiger partial charge in [-0.25, -0.2) is 9.78 Å². The van der Waals surface area contributed by atoms with Crippen molar-refractivity contribution in [3.05, 3.63) is 24.0 Å². The Morgan fingerprint density at radius 1 is 1.44 bits per heavy atom. The normalized spacial score (nSPS) is 9.50. The Bertz CT molecular complexity index is 477. The third-order valence-electron chi connectivity index (χ3n) is 2.24. The topological polar surface area (TPSA) is 79.3 Å². The molecular formula is C13H14N2O3. The van der Waals surface area contributed by atoms with Crippen molar-refractivity contribution in [2.75, 3.05) is 5.32 Å². The molecule has 0 aliphatic rings. The van der Waals surface area contributed by atoms with E-state index in [9.17, 15) is 9.59 Å². The van der Waals surface area contributed by atoms with E-state index in [0.717, 1.165) is 6.42 Å².